The van der Waals surface area contributed by atoms with Crippen molar-refractivity contribution in [1.29, 1.82) is 0 Å². The smallest absolute Gasteiger partial charge is 0.154 e. The van der Waals surface area contributed by atoms with E-state index in [0.717, 1.165) is 40.3 Å². The van der Waals surface area contributed by atoms with Gasteiger partial charge in [-0.15, -0.1) is 118 Å². The van der Waals surface area contributed by atoms with Crippen LogP contribution in [-0.2, 0) is 0 Å². The van der Waals surface area contributed by atoms with Crippen LogP contribution in [0, 0.1) is 0 Å². The molecular formula is C26H42S13. The zero-order valence-electron chi connectivity index (χ0n) is 23.0. The molecule has 224 valence electrons. The second kappa shape index (κ2) is 16.9. The Balaban J connectivity index is 0.000000156. The maximum Gasteiger partial charge on any atom is 0.154 e. The molecule has 0 aliphatic carbocycles. The highest BCUT2D eigenvalue weighted by atomic mass is 32.3. The SMILES string of the molecule is C(CC1CS1)CC1CS1.CC1CSC(=S)S1.CC1CSC2(SCC(CCCC3CSC4(SCC(C)S4)S3)S2)S1. The summed E-state index contributed by atoms with van der Waals surface area (Å²) in [5, 5.41) is 6.44. The first-order valence-electron chi connectivity index (χ1n) is 14.1. The molecular weight excluding hydrogens is 729 g/mol. The summed E-state index contributed by atoms with van der Waals surface area (Å²) in [4.78, 5) is 0. The molecule has 0 aromatic carbocycles. The Hall–Kier alpha value is 4.29. The third kappa shape index (κ3) is 12.1. The summed E-state index contributed by atoms with van der Waals surface area (Å²) in [7, 11) is 0. The van der Waals surface area contributed by atoms with Crippen LogP contribution in [-0.4, -0.2) is 86.0 Å². The molecule has 7 fully saturated rings. The Morgan fingerprint density at radius 2 is 1.00 bits per heavy atom. The fraction of sp³-hybridized carbons (Fsp3) is 0.962. The summed E-state index contributed by atoms with van der Waals surface area (Å²) in [5.74, 6) is 9.60. The quantitative estimate of drug-likeness (QED) is 0.170. The molecule has 7 heterocycles. The van der Waals surface area contributed by atoms with Gasteiger partial charge in [-0.25, -0.2) is 0 Å². The number of rotatable bonds is 8. The first-order chi connectivity index (χ1) is 18.8. The highest BCUT2D eigenvalue weighted by Gasteiger charge is 2.48. The molecule has 39 heavy (non-hydrogen) atoms. The Morgan fingerprint density at radius 3 is 1.31 bits per heavy atom. The summed E-state index contributed by atoms with van der Waals surface area (Å²) in [6.07, 6.45) is 8.83. The first-order valence-corrected chi connectivity index (χ1v) is 26.0. The van der Waals surface area contributed by atoms with Crippen molar-refractivity contribution in [3.8, 4) is 0 Å². The lowest BCUT2D eigenvalue weighted by Crippen LogP contribution is -2.08. The Labute approximate surface area is 295 Å². The molecule has 0 radical (unpaired) electrons. The van der Waals surface area contributed by atoms with Crippen molar-refractivity contribution >= 4 is 157 Å². The van der Waals surface area contributed by atoms with Gasteiger partial charge in [-0.2, -0.15) is 23.5 Å². The standard InChI is InChI=1S/C15H24S8.C7H12S2.C4H6S3/c1-10-6-16-14(20-10)18-8-12(22-14)4-3-5-13-9-19-15(23-13)17-7-11(2)21-15;1(2-6-4-8-6)3-7-5-9-7;1-3-2-6-4(5)7-3/h10-13H,3-9H2,1-2H3;6-7H,1-5H2;3H,2H2,1H3. The lowest BCUT2D eigenvalue weighted by molar-refractivity contribution is 0.682. The second-order valence-electron chi connectivity index (χ2n) is 10.8. The van der Waals surface area contributed by atoms with Gasteiger partial charge in [0, 0.05) is 77.0 Å². The van der Waals surface area contributed by atoms with Crippen LogP contribution in [0.3, 0.4) is 0 Å². The Morgan fingerprint density at radius 1 is 0.564 bits per heavy atom. The van der Waals surface area contributed by atoms with Gasteiger partial charge in [-0.1, -0.05) is 45.8 Å². The summed E-state index contributed by atoms with van der Waals surface area (Å²) in [6, 6.07) is 0. The van der Waals surface area contributed by atoms with Crippen LogP contribution in [0.4, 0.5) is 0 Å². The zero-order chi connectivity index (χ0) is 27.3. The average Bonchev–Trinajstić information content (AvgIpc) is 3.69. The van der Waals surface area contributed by atoms with Crippen LogP contribution >= 0.6 is 153 Å². The molecule has 0 aromatic rings. The number of hydrogen-bond acceptors (Lipinski definition) is 13. The summed E-state index contributed by atoms with van der Waals surface area (Å²) in [5.41, 5.74) is 0. The van der Waals surface area contributed by atoms with Crippen LogP contribution in [0.2, 0.25) is 0 Å². The van der Waals surface area contributed by atoms with E-state index in [0.29, 0.717) is 5.49 Å². The van der Waals surface area contributed by atoms with E-state index in [9.17, 15) is 0 Å². The van der Waals surface area contributed by atoms with Gasteiger partial charge in [0.25, 0.3) is 0 Å². The lowest BCUT2D eigenvalue weighted by Gasteiger charge is -2.20. The van der Waals surface area contributed by atoms with Crippen molar-refractivity contribution in [2.45, 2.75) is 102 Å². The monoisotopic (exact) mass is 770 g/mol. The van der Waals surface area contributed by atoms with Crippen molar-refractivity contribution in [3.05, 3.63) is 0 Å². The van der Waals surface area contributed by atoms with E-state index < -0.39 is 0 Å². The van der Waals surface area contributed by atoms with E-state index in [1.54, 1.807) is 11.8 Å². The molecule has 13 heteroatoms. The van der Waals surface area contributed by atoms with E-state index >= 15 is 0 Å². The van der Waals surface area contributed by atoms with Gasteiger partial charge in [-0.05, 0) is 25.7 Å². The molecule has 7 aliphatic rings. The average molecular weight is 771 g/mol. The normalized spacial score (nSPS) is 44.0. The third-order valence-corrected chi connectivity index (χ3v) is 28.3. The molecule has 2 spiro atoms. The van der Waals surface area contributed by atoms with E-state index in [4.69, 9.17) is 12.2 Å². The van der Waals surface area contributed by atoms with Crippen molar-refractivity contribution in [1.82, 2.24) is 0 Å². The Kier molecular flexibility index (Phi) is 15.0. The fourth-order valence-electron chi connectivity index (χ4n) is 4.60. The largest absolute Gasteiger partial charge is 0.157 e. The van der Waals surface area contributed by atoms with E-state index in [1.165, 1.54) is 78.8 Å². The molecule has 9 atom stereocenters. The topological polar surface area (TPSA) is 0 Å². The Bertz CT molecular complexity index is 742. The summed E-state index contributed by atoms with van der Waals surface area (Å²) >= 11 is 30.7. The molecule has 0 bridgehead atoms. The van der Waals surface area contributed by atoms with Crippen LogP contribution in [0.5, 0.6) is 0 Å². The maximum absolute atomic E-state index is 4.92. The molecule has 0 nitrogen and oxygen atoms in total. The number of hydrogen-bond donors (Lipinski definition) is 0. The van der Waals surface area contributed by atoms with Crippen molar-refractivity contribution in [3.63, 3.8) is 0 Å². The van der Waals surface area contributed by atoms with Crippen molar-refractivity contribution in [2.75, 3.05) is 40.3 Å². The van der Waals surface area contributed by atoms with Gasteiger partial charge < -0.3 is 0 Å². The summed E-state index contributed by atoms with van der Waals surface area (Å²) < 4.78 is 2.06. The maximum atomic E-state index is 4.92. The highest BCUT2D eigenvalue weighted by Crippen LogP contribution is 2.68. The lowest BCUT2D eigenvalue weighted by atomic mass is 10.1. The summed E-state index contributed by atoms with van der Waals surface area (Å²) in [6.45, 7) is 6.99. The molecule has 7 saturated heterocycles. The molecule has 0 amide bonds. The van der Waals surface area contributed by atoms with Crippen LogP contribution in [0.15, 0.2) is 0 Å². The predicted molar refractivity (Wildman–Crippen MR) is 214 cm³/mol. The van der Waals surface area contributed by atoms with E-state index in [2.05, 4.69) is 138 Å². The van der Waals surface area contributed by atoms with Gasteiger partial charge in [0.05, 0.1) is 0 Å². The number of thioether (sulfide) groups is 12. The van der Waals surface area contributed by atoms with Gasteiger partial charge in [-0.3, -0.25) is 0 Å². The van der Waals surface area contributed by atoms with Gasteiger partial charge in [0.1, 0.15) is 3.53 Å². The van der Waals surface area contributed by atoms with Gasteiger partial charge in [0.15, 0.2) is 5.49 Å². The highest BCUT2D eigenvalue weighted by molar-refractivity contribution is 8.51. The fourth-order valence-corrected chi connectivity index (χ4v) is 26.1. The predicted octanol–water partition coefficient (Wildman–Crippen LogP) is 11.3. The van der Waals surface area contributed by atoms with Crippen molar-refractivity contribution < 1.29 is 0 Å². The first kappa shape index (κ1) is 34.6. The van der Waals surface area contributed by atoms with Crippen LogP contribution in [0.25, 0.3) is 0 Å². The van der Waals surface area contributed by atoms with Gasteiger partial charge in [0.2, 0.25) is 0 Å². The van der Waals surface area contributed by atoms with Gasteiger partial charge >= 0.3 is 0 Å². The minimum absolute atomic E-state index is 0.472. The zero-order valence-corrected chi connectivity index (χ0v) is 33.7. The van der Waals surface area contributed by atoms with E-state index in [-0.39, 0.29) is 0 Å². The van der Waals surface area contributed by atoms with Crippen LogP contribution < -0.4 is 0 Å². The van der Waals surface area contributed by atoms with E-state index in [1.807, 2.05) is 11.8 Å². The minimum atomic E-state index is 0.472. The number of thiocarbonyl (C=S) groups is 1. The second-order valence-corrected chi connectivity index (χ2v) is 31.5. The molecule has 7 rings (SSSR count). The molecule has 0 saturated carbocycles. The van der Waals surface area contributed by atoms with Crippen LogP contribution in [0.1, 0.15) is 59.3 Å². The van der Waals surface area contributed by atoms with Crippen molar-refractivity contribution in [2.24, 2.45) is 0 Å². The molecule has 0 N–H and O–H groups in total. The molecule has 9 unspecified atom stereocenters. The molecule has 0 aromatic heterocycles. The third-order valence-electron chi connectivity index (χ3n) is 6.84. The molecule has 7 aliphatic heterocycles. The minimum Gasteiger partial charge on any atom is -0.157 e.